The molecule has 2 aromatic carbocycles. The minimum Gasteiger partial charge on any atom is -0.458 e. The molecule has 0 aromatic heterocycles. The Bertz CT molecular complexity index is 1050. The molecule has 2 aromatic rings. The summed E-state index contributed by atoms with van der Waals surface area (Å²) in [4.78, 5) is 24.3. The standard InChI is InChI=1S/C25H27F3N2O5/c26-25(27,28)15-34-20-10-5-17(6-11-20)24(32)35-21-8-1-16(2-9-21)3-12-23(31)33-14-18-4-7-19(29)13-22(18)30/h1-4,7-9,12-13,17,20H,5-6,10-11,14-15,29-30H2. The number of halogens is 3. The Morgan fingerprint density at radius 2 is 1.69 bits per heavy atom. The van der Waals surface area contributed by atoms with E-state index in [1.54, 1.807) is 48.5 Å². The molecule has 0 bridgehead atoms. The molecule has 1 aliphatic rings. The highest BCUT2D eigenvalue weighted by Crippen LogP contribution is 2.29. The van der Waals surface area contributed by atoms with Crippen molar-refractivity contribution in [2.45, 2.75) is 44.6 Å². The molecule has 4 N–H and O–H groups in total. The van der Waals surface area contributed by atoms with E-state index >= 15 is 0 Å². The lowest BCUT2D eigenvalue weighted by molar-refractivity contribution is -0.189. The molecule has 0 spiro atoms. The third kappa shape index (κ3) is 8.64. The van der Waals surface area contributed by atoms with Crippen molar-refractivity contribution in [2.24, 2.45) is 5.92 Å². The third-order valence-electron chi connectivity index (χ3n) is 5.54. The van der Waals surface area contributed by atoms with Crippen molar-refractivity contribution in [3.63, 3.8) is 0 Å². The number of alkyl halides is 3. The average Bonchev–Trinajstić information content (AvgIpc) is 2.81. The number of esters is 2. The first-order chi connectivity index (χ1) is 16.6. The van der Waals surface area contributed by atoms with E-state index in [9.17, 15) is 22.8 Å². The summed E-state index contributed by atoms with van der Waals surface area (Å²) < 4.78 is 52.2. The molecule has 1 fully saturated rings. The monoisotopic (exact) mass is 492 g/mol. The zero-order valence-corrected chi connectivity index (χ0v) is 18.9. The quantitative estimate of drug-likeness (QED) is 0.239. The van der Waals surface area contributed by atoms with E-state index in [4.69, 9.17) is 25.7 Å². The predicted octanol–water partition coefficient (Wildman–Crippen LogP) is 4.65. The van der Waals surface area contributed by atoms with Gasteiger partial charge in [0.05, 0.1) is 12.0 Å². The van der Waals surface area contributed by atoms with Crippen LogP contribution >= 0.6 is 0 Å². The molecule has 0 amide bonds. The van der Waals surface area contributed by atoms with Crippen molar-refractivity contribution < 1.29 is 37.0 Å². The largest absolute Gasteiger partial charge is 0.458 e. The number of anilines is 2. The van der Waals surface area contributed by atoms with Crippen LogP contribution in [0.1, 0.15) is 36.8 Å². The number of rotatable bonds is 8. The number of benzene rings is 2. The smallest absolute Gasteiger partial charge is 0.411 e. The van der Waals surface area contributed by atoms with Gasteiger partial charge in [0, 0.05) is 23.0 Å². The van der Waals surface area contributed by atoms with Crippen LogP contribution < -0.4 is 16.2 Å². The topological polar surface area (TPSA) is 114 Å². The highest BCUT2D eigenvalue weighted by molar-refractivity contribution is 5.87. The number of hydrogen-bond donors (Lipinski definition) is 2. The van der Waals surface area contributed by atoms with Gasteiger partial charge in [0.15, 0.2) is 0 Å². The van der Waals surface area contributed by atoms with Gasteiger partial charge in [-0.05, 0) is 61.6 Å². The van der Waals surface area contributed by atoms with Gasteiger partial charge in [-0.3, -0.25) is 4.79 Å². The SMILES string of the molecule is Nc1ccc(COC(=O)C=Cc2ccc(OC(=O)C3CCC(OCC(F)(F)F)CC3)cc2)c(N)c1. The van der Waals surface area contributed by atoms with Crippen molar-refractivity contribution in [1.29, 1.82) is 0 Å². The molecule has 1 aliphatic carbocycles. The van der Waals surface area contributed by atoms with Crippen molar-refractivity contribution >= 4 is 29.4 Å². The van der Waals surface area contributed by atoms with E-state index in [1.807, 2.05) is 0 Å². The molecular weight excluding hydrogens is 465 g/mol. The summed E-state index contributed by atoms with van der Waals surface area (Å²) in [7, 11) is 0. The van der Waals surface area contributed by atoms with Crippen LogP contribution in [-0.2, 0) is 25.7 Å². The summed E-state index contributed by atoms with van der Waals surface area (Å²) in [5.74, 6) is -1.02. The van der Waals surface area contributed by atoms with Crippen molar-refractivity contribution in [1.82, 2.24) is 0 Å². The van der Waals surface area contributed by atoms with E-state index in [0.29, 0.717) is 53.9 Å². The molecule has 10 heteroatoms. The van der Waals surface area contributed by atoms with E-state index in [-0.39, 0.29) is 12.5 Å². The normalized spacial score (nSPS) is 18.4. The van der Waals surface area contributed by atoms with Gasteiger partial charge in [-0.2, -0.15) is 13.2 Å². The Morgan fingerprint density at radius 3 is 2.31 bits per heavy atom. The van der Waals surface area contributed by atoms with Gasteiger partial charge in [-0.1, -0.05) is 18.2 Å². The molecule has 0 heterocycles. The van der Waals surface area contributed by atoms with Gasteiger partial charge >= 0.3 is 18.1 Å². The fourth-order valence-electron chi connectivity index (χ4n) is 3.63. The molecule has 0 atom stereocenters. The second-order valence-electron chi connectivity index (χ2n) is 8.29. The van der Waals surface area contributed by atoms with Crippen LogP contribution in [0.5, 0.6) is 5.75 Å². The van der Waals surface area contributed by atoms with Gasteiger partial charge in [0.1, 0.15) is 19.0 Å². The van der Waals surface area contributed by atoms with Gasteiger partial charge < -0.3 is 25.7 Å². The van der Waals surface area contributed by atoms with Gasteiger partial charge in [0.25, 0.3) is 0 Å². The second kappa shape index (κ2) is 11.7. The molecule has 1 saturated carbocycles. The minimum absolute atomic E-state index is 0.0144. The van der Waals surface area contributed by atoms with Crippen LogP contribution in [0.3, 0.4) is 0 Å². The average molecular weight is 492 g/mol. The first kappa shape index (κ1) is 26.1. The van der Waals surface area contributed by atoms with Crippen LogP contribution in [-0.4, -0.2) is 30.8 Å². The number of carbonyl (C=O) groups is 2. The van der Waals surface area contributed by atoms with Gasteiger partial charge in [-0.15, -0.1) is 0 Å². The van der Waals surface area contributed by atoms with Crippen molar-refractivity contribution in [3.8, 4) is 5.75 Å². The number of hydrogen-bond acceptors (Lipinski definition) is 7. The highest BCUT2D eigenvalue weighted by Gasteiger charge is 2.32. The van der Waals surface area contributed by atoms with E-state index in [0.717, 1.165) is 0 Å². The predicted molar refractivity (Wildman–Crippen MR) is 124 cm³/mol. The number of nitrogen functional groups attached to an aromatic ring is 2. The summed E-state index contributed by atoms with van der Waals surface area (Å²) >= 11 is 0. The maximum Gasteiger partial charge on any atom is 0.411 e. The van der Waals surface area contributed by atoms with Gasteiger partial charge in [-0.25, -0.2) is 4.79 Å². The van der Waals surface area contributed by atoms with Crippen LogP contribution in [0.25, 0.3) is 6.08 Å². The molecule has 188 valence electrons. The molecule has 0 radical (unpaired) electrons. The summed E-state index contributed by atoms with van der Waals surface area (Å²) in [6.07, 6.45) is -0.456. The molecular formula is C25H27F3N2O5. The van der Waals surface area contributed by atoms with Crippen molar-refractivity contribution in [3.05, 3.63) is 59.7 Å². The van der Waals surface area contributed by atoms with E-state index in [1.165, 1.54) is 6.08 Å². The van der Waals surface area contributed by atoms with E-state index in [2.05, 4.69) is 0 Å². The summed E-state index contributed by atoms with van der Waals surface area (Å²) in [5.41, 5.74) is 13.8. The Hall–Kier alpha value is -3.53. The molecule has 7 nitrogen and oxygen atoms in total. The number of nitrogens with two attached hydrogens (primary N) is 2. The number of carbonyl (C=O) groups excluding carboxylic acids is 2. The molecule has 0 aliphatic heterocycles. The zero-order chi connectivity index (χ0) is 25.4. The lowest BCUT2D eigenvalue weighted by Gasteiger charge is -2.27. The fraction of sp³-hybridized carbons (Fsp3) is 0.360. The fourth-order valence-corrected chi connectivity index (χ4v) is 3.63. The number of ether oxygens (including phenoxy) is 3. The zero-order valence-electron chi connectivity index (χ0n) is 18.9. The highest BCUT2D eigenvalue weighted by atomic mass is 19.4. The lowest BCUT2D eigenvalue weighted by Crippen LogP contribution is -2.31. The third-order valence-corrected chi connectivity index (χ3v) is 5.54. The molecule has 0 unspecified atom stereocenters. The summed E-state index contributed by atoms with van der Waals surface area (Å²) in [6, 6.07) is 11.5. The molecule has 35 heavy (non-hydrogen) atoms. The first-order valence-corrected chi connectivity index (χ1v) is 11.1. The van der Waals surface area contributed by atoms with Gasteiger partial charge in [0.2, 0.25) is 0 Å². The Labute approximate surface area is 200 Å². The summed E-state index contributed by atoms with van der Waals surface area (Å²) in [5, 5.41) is 0. The molecule has 0 saturated heterocycles. The maximum atomic E-state index is 12.4. The summed E-state index contributed by atoms with van der Waals surface area (Å²) in [6.45, 7) is -1.26. The van der Waals surface area contributed by atoms with Crippen LogP contribution in [0.2, 0.25) is 0 Å². The lowest BCUT2D eigenvalue weighted by atomic mass is 9.87. The molecule has 3 rings (SSSR count). The van der Waals surface area contributed by atoms with E-state index < -0.39 is 30.8 Å². The first-order valence-electron chi connectivity index (χ1n) is 11.1. The Kier molecular flexibility index (Phi) is 8.75. The van der Waals surface area contributed by atoms with Crippen LogP contribution in [0, 0.1) is 5.92 Å². The van der Waals surface area contributed by atoms with Crippen LogP contribution in [0.4, 0.5) is 24.5 Å². The Morgan fingerprint density at radius 1 is 1.00 bits per heavy atom. The minimum atomic E-state index is -4.36. The van der Waals surface area contributed by atoms with Crippen molar-refractivity contribution in [2.75, 3.05) is 18.1 Å². The van der Waals surface area contributed by atoms with Crippen LogP contribution in [0.15, 0.2) is 48.5 Å². The maximum absolute atomic E-state index is 12.4. The second-order valence-corrected chi connectivity index (χ2v) is 8.29. The Balaban J connectivity index is 1.42.